The van der Waals surface area contributed by atoms with Crippen LogP contribution >= 0.6 is 33.2 Å². The highest BCUT2D eigenvalue weighted by atomic mass is 35.8. The van der Waals surface area contributed by atoms with Gasteiger partial charge in [-0.15, -0.1) is 33.2 Å². The summed E-state index contributed by atoms with van der Waals surface area (Å²) in [4.78, 5) is 10.4. The Morgan fingerprint density at radius 2 is 1.85 bits per heavy atom. The lowest BCUT2D eigenvalue weighted by molar-refractivity contribution is -0.131. The molecule has 0 amide bonds. The van der Waals surface area contributed by atoms with Gasteiger partial charge in [0.05, 0.1) is 6.61 Å². The molecule has 0 aliphatic heterocycles. The van der Waals surface area contributed by atoms with Crippen molar-refractivity contribution in [1.29, 1.82) is 0 Å². The summed E-state index contributed by atoms with van der Waals surface area (Å²) in [6, 6.07) is 5.31. The fourth-order valence-electron chi connectivity index (χ4n) is 1.46. The molecule has 1 aromatic rings. The zero-order chi connectivity index (χ0) is 15.0. The summed E-state index contributed by atoms with van der Waals surface area (Å²) in [7, 11) is 0. The lowest BCUT2D eigenvalue weighted by Gasteiger charge is -2.08. The van der Waals surface area contributed by atoms with Crippen LogP contribution in [0.4, 0.5) is 0 Å². The Bertz CT molecular complexity index is 455. The van der Waals surface area contributed by atoms with Crippen LogP contribution < -0.4 is 4.74 Å². The second-order valence-corrected chi connectivity index (χ2v) is 13.4. The molecule has 0 atom stereocenters. The van der Waals surface area contributed by atoms with Crippen LogP contribution in [0.15, 0.2) is 30.3 Å². The quantitative estimate of drug-likeness (QED) is 0.321. The lowest BCUT2D eigenvalue weighted by atomic mass is 10.2. The second kappa shape index (κ2) is 8.57. The van der Waals surface area contributed by atoms with Gasteiger partial charge in [-0.3, -0.25) is 0 Å². The number of aliphatic carboxylic acids is 1. The van der Waals surface area contributed by atoms with Crippen molar-refractivity contribution in [1.82, 2.24) is 0 Å². The first-order chi connectivity index (χ1) is 9.37. The molecule has 0 radical (unpaired) electrons. The summed E-state index contributed by atoms with van der Waals surface area (Å²) in [5, 5.41) is 8.52. The van der Waals surface area contributed by atoms with Gasteiger partial charge in [0.25, 0.3) is 0 Å². The molecule has 0 aliphatic carbocycles. The molecule has 110 valence electrons. The van der Waals surface area contributed by atoms with Gasteiger partial charge in [0.1, 0.15) is 5.75 Å². The molecule has 0 spiro atoms. The number of carboxylic acid groups (broad SMARTS) is 1. The Hall–Kier alpha value is -0.683. The molecule has 1 aromatic carbocycles. The minimum Gasteiger partial charge on any atom is -0.494 e. The van der Waals surface area contributed by atoms with E-state index in [1.807, 2.05) is 0 Å². The molecular formula is C13H15Cl3O3Si. The number of ether oxygens (including phenoxy) is 1. The van der Waals surface area contributed by atoms with Crippen molar-refractivity contribution >= 4 is 51.3 Å². The molecule has 7 heteroatoms. The summed E-state index contributed by atoms with van der Waals surface area (Å²) >= 11 is 17.3. The third-order valence-electron chi connectivity index (χ3n) is 2.42. The molecule has 0 aliphatic rings. The number of unbranched alkanes of at least 4 members (excludes halogenated alkanes) is 1. The van der Waals surface area contributed by atoms with E-state index in [9.17, 15) is 4.79 Å². The maximum absolute atomic E-state index is 10.4. The average Bonchev–Trinajstić information content (AvgIpc) is 2.36. The first-order valence-electron chi connectivity index (χ1n) is 6.07. The second-order valence-electron chi connectivity index (χ2n) is 4.16. The van der Waals surface area contributed by atoms with Crippen LogP contribution in [-0.4, -0.2) is 23.7 Å². The van der Waals surface area contributed by atoms with Crippen LogP contribution in [0.2, 0.25) is 6.04 Å². The van der Waals surface area contributed by atoms with Crippen LogP contribution in [0.25, 0.3) is 6.08 Å². The van der Waals surface area contributed by atoms with E-state index < -0.39 is 12.0 Å². The predicted molar refractivity (Wildman–Crippen MR) is 86.0 cm³/mol. The minimum atomic E-state index is -2.51. The van der Waals surface area contributed by atoms with Crippen LogP contribution in [0, 0.1) is 0 Å². The molecule has 0 saturated heterocycles. The number of carboxylic acids is 1. The molecule has 1 N–H and O–H groups in total. The number of rotatable bonds is 8. The number of hydrogen-bond acceptors (Lipinski definition) is 2. The van der Waals surface area contributed by atoms with Crippen LogP contribution in [0.5, 0.6) is 5.75 Å². The number of hydrogen-bond donors (Lipinski definition) is 1. The molecule has 1 rings (SSSR count). The third-order valence-corrected chi connectivity index (χ3v) is 5.04. The van der Waals surface area contributed by atoms with Crippen LogP contribution in [0.3, 0.4) is 0 Å². The van der Waals surface area contributed by atoms with Gasteiger partial charge in [-0.05, 0) is 42.7 Å². The van der Waals surface area contributed by atoms with Gasteiger partial charge in [-0.1, -0.05) is 12.1 Å². The minimum absolute atomic E-state index is 0.569. The molecule has 0 fully saturated rings. The standard InChI is InChI=1S/C13H15Cl3O3Si/c14-20(15,16)10-2-1-9-19-12-6-3-11(4-7-12)5-8-13(17)18/h3-8H,1-2,9-10H2,(H,17,18)/b8-5+. The molecule has 0 heterocycles. The number of carbonyl (C=O) groups is 1. The maximum atomic E-state index is 10.4. The van der Waals surface area contributed by atoms with Crippen LogP contribution in [0.1, 0.15) is 18.4 Å². The smallest absolute Gasteiger partial charge is 0.341 e. The summed E-state index contributed by atoms with van der Waals surface area (Å²) in [5.74, 6) is -0.230. The molecule has 0 unspecified atom stereocenters. The normalized spacial score (nSPS) is 11.8. The highest BCUT2D eigenvalue weighted by Gasteiger charge is 2.23. The Morgan fingerprint density at radius 1 is 1.20 bits per heavy atom. The summed E-state index contributed by atoms with van der Waals surface area (Å²) < 4.78 is 5.55. The summed E-state index contributed by atoms with van der Waals surface area (Å²) in [5.41, 5.74) is 0.807. The topological polar surface area (TPSA) is 46.5 Å². The zero-order valence-electron chi connectivity index (χ0n) is 10.7. The van der Waals surface area contributed by atoms with E-state index in [4.69, 9.17) is 43.1 Å². The third kappa shape index (κ3) is 8.48. The maximum Gasteiger partial charge on any atom is 0.341 e. The van der Waals surface area contributed by atoms with E-state index in [0.717, 1.165) is 30.2 Å². The lowest BCUT2D eigenvalue weighted by Crippen LogP contribution is -2.09. The fourth-order valence-corrected chi connectivity index (χ4v) is 3.31. The number of halogens is 3. The average molecular weight is 354 g/mol. The molecule has 0 saturated carbocycles. The Kier molecular flexibility index (Phi) is 7.44. The van der Waals surface area contributed by atoms with E-state index in [2.05, 4.69) is 0 Å². The van der Waals surface area contributed by atoms with Gasteiger partial charge in [0, 0.05) is 6.08 Å². The molecule has 0 aromatic heterocycles. The predicted octanol–water partition coefficient (Wildman–Crippen LogP) is 4.60. The molecule has 20 heavy (non-hydrogen) atoms. The fraction of sp³-hybridized carbons (Fsp3) is 0.308. The monoisotopic (exact) mass is 352 g/mol. The Balaban J connectivity index is 2.30. The molecular weight excluding hydrogens is 339 g/mol. The van der Waals surface area contributed by atoms with E-state index in [-0.39, 0.29) is 0 Å². The van der Waals surface area contributed by atoms with Crippen molar-refractivity contribution < 1.29 is 14.6 Å². The first-order valence-corrected chi connectivity index (χ1v) is 11.3. The first kappa shape index (κ1) is 17.4. The SMILES string of the molecule is O=C(O)/C=C/c1ccc(OCCCC[Si](Cl)(Cl)Cl)cc1. The van der Waals surface area contributed by atoms with Crippen molar-refractivity contribution in [2.45, 2.75) is 18.9 Å². The Labute approximate surface area is 133 Å². The van der Waals surface area contributed by atoms with Crippen molar-refractivity contribution in [2.24, 2.45) is 0 Å². The Morgan fingerprint density at radius 3 is 2.40 bits per heavy atom. The summed E-state index contributed by atoms with van der Waals surface area (Å²) in [6.45, 7) is 0.569. The van der Waals surface area contributed by atoms with Gasteiger partial charge in [-0.2, -0.15) is 0 Å². The largest absolute Gasteiger partial charge is 0.494 e. The highest BCUT2D eigenvalue weighted by Crippen LogP contribution is 2.27. The van der Waals surface area contributed by atoms with Gasteiger partial charge in [-0.25, -0.2) is 4.79 Å². The van der Waals surface area contributed by atoms with Gasteiger partial charge >= 0.3 is 12.0 Å². The highest BCUT2D eigenvalue weighted by molar-refractivity contribution is 7.64. The van der Waals surface area contributed by atoms with E-state index in [1.165, 1.54) is 6.08 Å². The van der Waals surface area contributed by atoms with E-state index in [0.29, 0.717) is 12.7 Å². The van der Waals surface area contributed by atoms with Crippen molar-refractivity contribution in [3.8, 4) is 5.75 Å². The van der Waals surface area contributed by atoms with E-state index >= 15 is 0 Å². The molecule has 3 nitrogen and oxygen atoms in total. The van der Waals surface area contributed by atoms with Gasteiger partial charge in [0.15, 0.2) is 0 Å². The summed E-state index contributed by atoms with van der Waals surface area (Å²) in [6.07, 6.45) is 4.29. The zero-order valence-corrected chi connectivity index (χ0v) is 14.0. The van der Waals surface area contributed by atoms with Crippen LogP contribution in [-0.2, 0) is 4.79 Å². The van der Waals surface area contributed by atoms with Gasteiger partial charge in [0.2, 0.25) is 0 Å². The number of benzene rings is 1. The van der Waals surface area contributed by atoms with Gasteiger partial charge < -0.3 is 9.84 Å². The molecule has 0 bridgehead atoms. The van der Waals surface area contributed by atoms with Crippen molar-refractivity contribution in [3.05, 3.63) is 35.9 Å². The van der Waals surface area contributed by atoms with Crippen molar-refractivity contribution in [2.75, 3.05) is 6.61 Å². The van der Waals surface area contributed by atoms with Crippen molar-refractivity contribution in [3.63, 3.8) is 0 Å². The van der Waals surface area contributed by atoms with E-state index in [1.54, 1.807) is 24.3 Å².